The van der Waals surface area contributed by atoms with Gasteiger partial charge in [0.25, 0.3) is 0 Å². The van der Waals surface area contributed by atoms with Crippen LogP contribution in [0.3, 0.4) is 0 Å². The van der Waals surface area contributed by atoms with E-state index in [4.69, 9.17) is 5.73 Å². The van der Waals surface area contributed by atoms with Crippen molar-refractivity contribution < 1.29 is 8.42 Å². The van der Waals surface area contributed by atoms with Gasteiger partial charge in [-0.1, -0.05) is 6.92 Å². The highest BCUT2D eigenvalue weighted by Gasteiger charge is 2.15. The van der Waals surface area contributed by atoms with E-state index in [9.17, 15) is 8.42 Å². The van der Waals surface area contributed by atoms with Crippen LogP contribution in [0, 0.1) is 13.8 Å². The maximum atomic E-state index is 11.7. The normalized spacial score (nSPS) is 13.7. The lowest BCUT2D eigenvalue weighted by atomic mass is 10.1. The molecule has 0 aliphatic heterocycles. The Hall–Kier alpha value is -0.880. The molecule has 1 aromatic rings. The second-order valence-corrected chi connectivity index (χ2v) is 7.51. The summed E-state index contributed by atoms with van der Waals surface area (Å²) in [6.45, 7) is 8.18. The van der Waals surface area contributed by atoms with Crippen molar-refractivity contribution in [3.05, 3.63) is 17.0 Å². The molecule has 1 aromatic heterocycles. The lowest BCUT2D eigenvalue weighted by molar-refractivity contribution is 0.574. The summed E-state index contributed by atoms with van der Waals surface area (Å²) in [6.07, 6.45) is 1.44. The smallest absolute Gasteiger partial charge is 0.152 e. The molecule has 0 amide bonds. The number of aromatic nitrogens is 2. The maximum absolute atomic E-state index is 11.7. The second-order valence-electron chi connectivity index (χ2n) is 5.21. The van der Waals surface area contributed by atoms with Gasteiger partial charge in [-0.25, -0.2) is 8.42 Å². The highest BCUT2D eigenvalue weighted by Crippen LogP contribution is 2.15. The van der Waals surface area contributed by atoms with E-state index in [1.165, 1.54) is 0 Å². The molecule has 1 atom stereocenters. The quantitative estimate of drug-likeness (QED) is 0.818. The van der Waals surface area contributed by atoms with E-state index in [0.29, 0.717) is 13.0 Å². The summed E-state index contributed by atoms with van der Waals surface area (Å²) >= 11 is 0. The first-order chi connectivity index (χ1) is 8.76. The van der Waals surface area contributed by atoms with Crippen molar-refractivity contribution in [2.75, 3.05) is 11.5 Å². The Labute approximate surface area is 116 Å². The first-order valence-corrected chi connectivity index (χ1v) is 8.58. The van der Waals surface area contributed by atoms with E-state index >= 15 is 0 Å². The molecule has 0 aliphatic rings. The monoisotopic (exact) mass is 287 g/mol. The van der Waals surface area contributed by atoms with Gasteiger partial charge >= 0.3 is 0 Å². The molecule has 0 saturated carbocycles. The van der Waals surface area contributed by atoms with Crippen LogP contribution < -0.4 is 5.73 Å². The SMILES string of the molecule is CCCS(=O)(=O)CCn1nc(C)c(CC(C)N)c1C. The molecule has 110 valence electrons. The third-order valence-electron chi connectivity index (χ3n) is 3.19. The van der Waals surface area contributed by atoms with Gasteiger partial charge < -0.3 is 5.73 Å². The van der Waals surface area contributed by atoms with Crippen molar-refractivity contribution in [1.29, 1.82) is 0 Å². The number of sulfone groups is 1. The highest BCUT2D eigenvalue weighted by molar-refractivity contribution is 7.91. The van der Waals surface area contributed by atoms with Gasteiger partial charge in [-0.3, -0.25) is 4.68 Å². The van der Waals surface area contributed by atoms with Crippen LogP contribution in [0.4, 0.5) is 0 Å². The van der Waals surface area contributed by atoms with Gasteiger partial charge in [0.05, 0.1) is 18.0 Å². The van der Waals surface area contributed by atoms with Crippen LogP contribution in [-0.4, -0.2) is 35.7 Å². The fraction of sp³-hybridized carbons (Fsp3) is 0.769. The highest BCUT2D eigenvalue weighted by atomic mass is 32.2. The van der Waals surface area contributed by atoms with E-state index in [0.717, 1.165) is 23.4 Å². The zero-order valence-electron chi connectivity index (χ0n) is 12.3. The maximum Gasteiger partial charge on any atom is 0.152 e. The van der Waals surface area contributed by atoms with Crippen LogP contribution in [0.25, 0.3) is 0 Å². The van der Waals surface area contributed by atoms with Crippen molar-refractivity contribution in [2.24, 2.45) is 5.73 Å². The molecule has 0 bridgehead atoms. The minimum Gasteiger partial charge on any atom is -0.328 e. The van der Waals surface area contributed by atoms with Gasteiger partial charge in [-0.2, -0.15) is 5.10 Å². The van der Waals surface area contributed by atoms with Crippen LogP contribution >= 0.6 is 0 Å². The van der Waals surface area contributed by atoms with Crippen molar-refractivity contribution in [3.63, 3.8) is 0 Å². The minimum atomic E-state index is -2.96. The number of hydrogen-bond donors (Lipinski definition) is 1. The van der Waals surface area contributed by atoms with Gasteiger partial charge in [-0.15, -0.1) is 0 Å². The topological polar surface area (TPSA) is 78.0 Å². The molecular formula is C13H25N3O2S. The van der Waals surface area contributed by atoms with E-state index in [-0.39, 0.29) is 17.5 Å². The summed E-state index contributed by atoms with van der Waals surface area (Å²) in [5, 5.41) is 4.42. The number of nitrogens with two attached hydrogens (primary N) is 1. The zero-order valence-corrected chi connectivity index (χ0v) is 13.1. The Morgan fingerprint density at radius 1 is 1.32 bits per heavy atom. The number of rotatable bonds is 7. The minimum absolute atomic E-state index is 0.0823. The molecule has 0 spiro atoms. The molecule has 0 saturated heterocycles. The van der Waals surface area contributed by atoms with Gasteiger partial charge in [-0.05, 0) is 39.2 Å². The Morgan fingerprint density at radius 3 is 2.47 bits per heavy atom. The fourth-order valence-electron chi connectivity index (χ4n) is 2.21. The number of hydrogen-bond acceptors (Lipinski definition) is 4. The van der Waals surface area contributed by atoms with Gasteiger partial charge in [0.2, 0.25) is 0 Å². The van der Waals surface area contributed by atoms with Gasteiger partial charge in [0.1, 0.15) is 0 Å². The fourth-order valence-corrected chi connectivity index (χ4v) is 3.48. The lowest BCUT2D eigenvalue weighted by Crippen LogP contribution is -2.19. The Balaban J connectivity index is 2.81. The number of nitrogens with zero attached hydrogens (tertiary/aromatic N) is 2. The summed E-state index contributed by atoms with van der Waals surface area (Å²) in [7, 11) is -2.96. The summed E-state index contributed by atoms with van der Waals surface area (Å²) in [6, 6.07) is 0.0823. The molecule has 0 aliphatic carbocycles. The molecule has 5 nitrogen and oxygen atoms in total. The molecule has 0 radical (unpaired) electrons. The lowest BCUT2D eigenvalue weighted by Gasteiger charge is -2.07. The van der Waals surface area contributed by atoms with Crippen molar-refractivity contribution >= 4 is 9.84 Å². The molecule has 1 unspecified atom stereocenters. The summed E-state index contributed by atoms with van der Waals surface area (Å²) in [5.74, 6) is 0.402. The average Bonchev–Trinajstić information content (AvgIpc) is 2.54. The van der Waals surface area contributed by atoms with Crippen LogP contribution in [0.5, 0.6) is 0 Å². The van der Waals surface area contributed by atoms with Crippen molar-refractivity contribution in [1.82, 2.24) is 9.78 Å². The Bertz CT molecular complexity index is 518. The molecule has 1 heterocycles. The molecular weight excluding hydrogens is 262 g/mol. The molecule has 6 heteroatoms. The first-order valence-electron chi connectivity index (χ1n) is 6.75. The van der Waals surface area contributed by atoms with Gasteiger partial charge in [0.15, 0.2) is 9.84 Å². The van der Waals surface area contributed by atoms with Crippen LogP contribution in [0.2, 0.25) is 0 Å². The summed E-state index contributed by atoms with van der Waals surface area (Å²) in [5.41, 5.74) is 8.94. The van der Waals surface area contributed by atoms with E-state index in [1.54, 1.807) is 4.68 Å². The summed E-state index contributed by atoms with van der Waals surface area (Å²) < 4.78 is 25.2. The average molecular weight is 287 g/mol. The molecule has 19 heavy (non-hydrogen) atoms. The molecule has 2 N–H and O–H groups in total. The van der Waals surface area contributed by atoms with E-state index in [1.807, 2.05) is 27.7 Å². The molecule has 1 rings (SSSR count). The third-order valence-corrected chi connectivity index (χ3v) is 5.02. The van der Waals surface area contributed by atoms with Crippen LogP contribution in [-0.2, 0) is 22.8 Å². The zero-order chi connectivity index (χ0) is 14.6. The predicted molar refractivity (Wildman–Crippen MR) is 78.0 cm³/mol. The van der Waals surface area contributed by atoms with Crippen molar-refractivity contribution in [2.45, 2.75) is 53.1 Å². The van der Waals surface area contributed by atoms with Gasteiger partial charge in [0, 0.05) is 17.5 Å². The summed E-state index contributed by atoms with van der Waals surface area (Å²) in [4.78, 5) is 0. The van der Waals surface area contributed by atoms with E-state index < -0.39 is 9.84 Å². The Kier molecular flexibility index (Phi) is 5.55. The first kappa shape index (κ1) is 16.2. The molecule has 0 aromatic carbocycles. The molecule has 0 fully saturated rings. The van der Waals surface area contributed by atoms with Crippen LogP contribution in [0.15, 0.2) is 0 Å². The second kappa shape index (κ2) is 6.52. The van der Waals surface area contributed by atoms with E-state index in [2.05, 4.69) is 5.10 Å². The van der Waals surface area contributed by atoms with Crippen molar-refractivity contribution in [3.8, 4) is 0 Å². The Morgan fingerprint density at radius 2 is 1.95 bits per heavy atom. The predicted octanol–water partition coefficient (Wildman–Crippen LogP) is 1.21. The standard InChI is InChI=1S/C13H25N3O2S/c1-5-7-19(17,18)8-6-16-12(4)13(9-10(2)14)11(3)15-16/h10H,5-9,14H2,1-4H3. The number of aryl methyl sites for hydroxylation is 2. The third kappa shape index (κ3) is 4.62. The van der Waals surface area contributed by atoms with Crippen LogP contribution in [0.1, 0.15) is 37.2 Å². The largest absolute Gasteiger partial charge is 0.328 e.